The molecule has 0 atom stereocenters. The molecule has 0 aliphatic heterocycles. The minimum absolute atomic E-state index is 0.195. The molecule has 0 bridgehead atoms. The summed E-state index contributed by atoms with van der Waals surface area (Å²) in [6.45, 7) is 4.40. The van der Waals surface area contributed by atoms with Gasteiger partial charge in [0.1, 0.15) is 11.5 Å². The number of pyridine rings is 1. The van der Waals surface area contributed by atoms with Crippen molar-refractivity contribution in [3.8, 4) is 11.5 Å². The van der Waals surface area contributed by atoms with Gasteiger partial charge in [-0.1, -0.05) is 25.5 Å². The van der Waals surface area contributed by atoms with E-state index in [0.29, 0.717) is 29.3 Å². The van der Waals surface area contributed by atoms with Gasteiger partial charge in [0.15, 0.2) is 0 Å². The highest BCUT2D eigenvalue weighted by molar-refractivity contribution is 6.05. The zero-order valence-electron chi connectivity index (χ0n) is 17.1. The number of nitrogens with zero attached hydrogens (tertiary/aromatic N) is 1. The number of carbonyl (C=O) groups excluding carboxylic acids is 1. The van der Waals surface area contributed by atoms with Crippen molar-refractivity contribution in [2.75, 3.05) is 12.4 Å². The number of aryl methyl sites for hydroxylation is 2. The van der Waals surface area contributed by atoms with Crippen molar-refractivity contribution >= 4 is 11.6 Å². The van der Waals surface area contributed by atoms with Crippen LogP contribution in [0.4, 0.5) is 5.69 Å². The van der Waals surface area contributed by atoms with E-state index in [0.717, 1.165) is 24.3 Å². The fraction of sp³-hybridized carbons (Fsp3) is 0.250. The highest BCUT2D eigenvalue weighted by atomic mass is 16.5. The number of ether oxygens (including phenoxy) is 2. The van der Waals surface area contributed by atoms with E-state index < -0.39 is 0 Å². The Morgan fingerprint density at radius 1 is 0.966 bits per heavy atom. The number of hydrogen-bond donors (Lipinski definition) is 1. The van der Waals surface area contributed by atoms with Crippen molar-refractivity contribution in [2.45, 2.75) is 33.3 Å². The maximum atomic E-state index is 12.6. The molecule has 1 N–H and O–H groups in total. The monoisotopic (exact) mass is 390 g/mol. The number of benzene rings is 2. The van der Waals surface area contributed by atoms with E-state index in [4.69, 9.17) is 9.47 Å². The molecular weight excluding hydrogens is 364 g/mol. The summed E-state index contributed by atoms with van der Waals surface area (Å²) in [6.07, 6.45) is 2.19. The Labute approximate surface area is 171 Å². The second-order valence-corrected chi connectivity index (χ2v) is 6.84. The number of nitrogens with one attached hydrogen (secondary N) is 1. The number of anilines is 1. The van der Waals surface area contributed by atoms with Gasteiger partial charge in [0, 0.05) is 12.8 Å². The number of hydrogen-bond acceptors (Lipinski definition) is 4. The van der Waals surface area contributed by atoms with Gasteiger partial charge in [-0.25, -0.2) is 0 Å². The molecule has 3 aromatic rings. The Kier molecular flexibility index (Phi) is 6.98. The lowest BCUT2D eigenvalue weighted by Gasteiger charge is -2.10. The van der Waals surface area contributed by atoms with Gasteiger partial charge < -0.3 is 14.8 Å². The van der Waals surface area contributed by atoms with Gasteiger partial charge >= 0.3 is 0 Å². The van der Waals surface area contributed by atoms with E-state index in [1.54, 1.807) is 19.2 Å². The molecule has 0 radical (unpaired) electrons. The summed E-state index contributed by atoms with van der Waals surface area (Å²) in [6, 6.07) is 19.0. The molecule has 0 fully saturated rings. The predicted octanol–water partition coefficient (Wildman–Crippen LogP) is 5.53. The van der Waals surface area contributed by atoms with Crippen LogP contribution in [0.2, 0.25) is 0 Å². The molecule has 0 spiro atoms. The van der Waals surface area contributed by atoms with Gasteiger partial charge in [-0.3, -0.25) is 9.78 Å². The molecule has 0 aliphatic rings. The number of carbonyl (C=O) groups is 1. The van der Waals surface area contributed by atoms with Crippen LogP contribution in [0, 0.1) is 6.92 Å². The summed E-state index contributed by atoms with van der Waals surface area (Å²) in [5.41, 5.74) is 4.01. The van der Waals surface area contributed by atoms with E-state index in [1.807, 2.05) is 43.3 Å². The molecule has 1 amide bonds. The SMILES string of the molecule is CCCc1ccc(Oc2ccc(NC(=O)c3ccc(COC)nc3C)cc2)cc1. The van der Waals surface area contributed by atoms with Crippen LogP contribution < -0.4 is 10.1 Å². The first-order valence-corrected chi connectivity index (χ1v) is 9.72. The first-order chi connectivity index (χ1) is 14.1. The Bertz CT molecular complexity index is 951. The first kappa shape index (κ1) is 20.6. The van der Waals surface area contributed by atoms with Gasteiger partial charge in [0.25, 0.3) is 5.91 Å². The van der Waals surface area contributed by atoms with Crippen LogP contribution in [0.3, 0.4) is 0 Å². The first-order valence-electron chi connectivity index (χ1n) is 9.72. The lowest BCUT2D eigenvalue weighted by atomic mass is 10.1. The molecule has 0 aliphatic carbocycles. The molecule has 29 heavy (non-hydrogen) atoms. The predicted molar refractivity (Wildman–Crippen MR) is 115 cm³/mol. The van der Waals surface area contributed by atoms with Crippen LogP contribution in [-0.2, 0) is 17.8 Å². The molecule has 1 heterocycles. The average molecular weight is 390 g/mol. The quantitative estimate of drug-likeness (QED) is 0.549. The normalized spacial score (nSPS) is 10.6. The zero-order valence-corrected chi connectivity index (χ0v) is 17.1. The molecular formula is C24H26N2O3. The number of aromatic nitrogens is 1. The third-order valence-corrected chi connectivity index (χ3v) is 4.49. The Hall–Kier alpha value is -3.18. The van der Waals surface area contributed by atoms with Gasteiger partial charge in [-0.2, -0.15) is 0 Å². The van der Waals surface area contributed by atoms with Gasteiger partial charge in [0.2, 0.25) is 0 Å². The molecule has 3 rings (SSSR count). The van der Waals surface area contributed by atoms with Crippen LogP contribution in [0.1, 0.15) is 40.7 Å². The highest BCUT2D eigenvalue weighted by Crippen LogP contribution is 2.24. The maximum Gasteiger partial charge on any atom is 0.257 e. The van der Waals surface area contributed by atoms with Crippen LogP contribution >= 0.6 is 0 Å². The van der Waals surface area contributed by atoms with Crippen molar-refractivity contribution in [1.82, 2.24) is 4.98 Å². The van der Waals surface area contributed by atoms with Crippen molar-refractivity contribution in [3.05, 3.63) is 83.2 Å². The average Bonchev–Trinajstić information content (AvgIpc) is 2.71. The van der Waals surface area contributed by atoms with E-state index in [-0.39, 0.29) is 5.91 Å². The summed E-state index contributed by atoms with van der Waals surface area (Å²) in [5.74, 6) is 1.31. The van der Waals surface area contributed by atoms with Crippen molar-refractivity contribution in [2.24, 2.45) is 0 Å². The summed E-state index contributed by atoms with van der Waals surface area (Å²) in [7, 11) is 1.62. The number of methoxy groups -OCH3 is 1. The van der Waals surface area contributed by atoms with E-state index in [1.165, 1.54) is 5.56 Å². The van der Waals surface area contributed by atoms with Crippen molar-refractivity contribution in [1.29, 1.82) is 0 Å². The molecule has 5 heteroatoms. The van der Waals surface area contributed by atoms with Gasteiger partial charge in [-0.15, -0.1) is 0 Å². The molecule has 150 valence electrons. The Morgan fingerprint density at radius 3 is 2.21 bits per heavy atom. The lowest BCUT2D eigenvalue weighted by Crippen LogP contribution is -2.14. The van der Waals surface area contributed by atoms with Crippen LogP contribution in [0.15, 0.2) is 60.7 Å². The van der Waals surface area contributed by atoms with E-state index >= 15 is 0 Å². The van der Waals surface area contributed by atoms with Gasteiger partial charge in [-0.05, 0) is 67.4 Å². The summed E-state index contributed by atoms with van der Waals surface area (Å²) < 4.78 is 11.0. The smallest absolute Gasteiger partial charge is 0.257 e. The minimum Gasteiger partial charge on any atom is -0.457 e. The van der Waals surface area contributed by atoms with Crippen molar-refractivity contribution < 1.29 is 14.3 Å². The van der Waals surface area contributed by atoms with E-state index in [9.17, 15) is 4.79 Å². The van der Waals surface area contributed by atoms with Gasteiger partial charge in [0.05, 0.1) is 23.6 Å². The van der Waals surface area contributed by atoms with Crippen LogP contribution in [0.25, 0.3) is 0 Å². The molecule has 0 saturated carbocycles. The lowest BCUT2D eigenvalue weighted by molar-refractivity contribution is 0.102. The van der Waals surface area contributed by atoms with E-state index in [2.05, 4.69) is 29.4 Å². The molecule has 5 nitrogen and oxygen atoms in total. The summed E-state index contributed by atoms with van der Waals surface area (Å²) >= 11 is 0. The number of rotatable bonds is 8. The summed E-state index contributed by atoms with van der Waals surface area (Å²) in [5, 5.41) is 2.90. The second kappa shape index (κ2) is 9.85. The Morgan fingerprint density at radius 2 is 1.62 bits per heavy atom. The van der Waals surface area contributed by atoms with Crippen LogP contribution in [0.5, 0.6) is 11.5 Å². The largest absolute Gasteiger partial charge is 0.457 e. The topological polar surface area (TPSA) is 60.5 Å². The zero-order chi connectivity index (χ0) is 20.6. The molecule has 2 aromatic carbocycles. The third kappa shape index (κ3) is 5.65. The third-order valence-electron chi connectivity index (χ3n) is 4.49. The highest BCUT2D eigenvalue weighted by Gasteiger charge is 2.11. The fourth-order valence-electron chi connectivity index (χ4n) is 3.03. The van der Waals surface area contributed by atoms with Crippen molar-refractivity contribution in [3.63, 3.8) is 0 Å². The Balaban J connectivity index is 1.62. The molecule has 0 unspecified atom stereocenters. The maximum absolute atomic E-state index is 12.6. The standard InChI is InChI=1S/C24H26N2O3/c1-4-5-18-6-11-21(12-7-18)29-22-13-8-19(9-14-22)26-24(27)23-15-10-20(16-28-3)25-17(23)2/h6-15H,4-5,16H2,1-3H3,(H,26,27). The fourth-order valence-corrected chi connectivity index (χ4v) is 3.03. The second-order valence-electron chi connectivity index (χ2n) is 6.84. The summed E-state index contributed by atoms with van der Waals surface area (Å²) in [4.78, 5) is 16.9. The molecule has 0 saturated heterocycles. The molecule has 1 aromatic heterocycles. The van der Waals surface area contributed by atoms with Crippen LogP contribution in [-0.4, -0.2) is 18.0 Å². The minimum atomic E-state index is -0.195. The number of amides is 1.